The predicted octanol–water partition coefficient (Wildman–Crippen LogP) is 2.77. The summed E-state index contributed by atoms with van der Waals surface area (Å²) in [5.74, 6) is 0.309. The van der Waals surface area contributed by atoms with Crippen LogP contribution in [0, 0.1) is 5.92 Å². The van der Waals surface area contributed by atoms with Crippen LogP contribution in [0.25, 0.3) is 0 Å². The van der Waals surface area contributed by atoms with E-state index < -0.39 is 0 Å². The maximum Gasteiger partial charge on any atom is 0.223 e. The van der Waals surface area contributed by atoms with E-state index in [0.29, 0.717) is 6.42 Å². The third kappa shape index (κ3) is 5.14. The van der Waals surface area contributed by atoms with E-state index in [2.05, 4.69) is 31.4 Å². The molecule has 4 heteroatoms. The van der Waals surface area contributed by atoms with Gasteiger partial charge >= 0.3 is 0 Å². The van der Waals surface area contributed by atoms with Crippen molar-refractivity contribution in [3.63, 3.8) is 0 Å². The second-order valence-electron chi connectivity index (χ2n) is 6.41. The van der Waals surface area contributed by atoms with Crippen molar-refractivity contribution in [2.24, 2.45) is 5.92 Å². The van der Waals surface area contributed by atoms with Crippen LogP contribution in [0.15, 0.2) is 0 Å². The fourth-order valence-electron chi connectivity index (χ4n) is 2.69. The first-order valence-electron chi connectivity index (χ1n) is 8.01. The van der Waals surface area contributed by atoms with Crippen LogP contribution in [0.2, 0.25) is 0 Å². The molecule has 0 saturated heterocycles. The van der Waals surface area contributed by atoms with Crippen molar-refractivity contribution < 1.29 is 9.59 Å². The molecule has 1 rings (SSSR count). The summed E-state index contributed by atoms with van der Waals surface area (Å²) in [4.78, 5) is 24.0. The number of carbonyl (C=O) groups is 2. The van der Waals surface area contributed by atoms with E-state index in [1.165, 1.54) is 0 Å². The molecule has 0 radical (unpaired) electrons. The van der Waals surface area contributed by atoms with Gasteiger partial charge in [-0.05, 0) is 39.5 Å². The molecule has 0 heterocycles. The summed E-state index contributed by atoms with van der Waals surface area (Å²) in [7, 11) is 0. The minimum Gasteiger partial charge on any atom is -0.353 e. The van der Waals surface area contributed by atoms with Gasteiger partial charge in [-0.2, -0.15) is 0 Å². The first kappa shape index (κ1) is 17.0. The Morgan fingerprint density at radius 3 is 2.25 bits per heavy atom. The van der Waals surface area contributed by atoms with Crippen LogP contribution < -0.4 is 10.6 Å². The molecule has 1 aliphatic carbocycles. The molecular formula is C16H30N2O2. The van der Waals surface area contributed by atoms with Crippen molar-refractivity contribution in [1.82, 2.24) is 10.6 Å². The number of rotatable bonds is 7. The third-order valence-electron chi connectivity index (χ3n) is 4.61. The van der Waals surface area contributed by atoms with E-state index in [9.17, 15) is 9.59 Å². The minimum atomic E-state index is -0.133. The number of hydrogen-bond donors (Lipinski definition) is 2. The van der Waals surface area contributed by atoms with E-state index in [1.807, 2.05) is 6.92 Å². The van der Waals surface area contributed by atoms with Crippen LogP contribution in [-0.4, -0.2) is 23.4 Å². The molecule has 1 aliphatic rings. The first-order chi connectivity index (χ1) is 9.40. The van der Waals surface area contributed by atoms with Crippen LogP contribution in [0.4, 0.5) is 0 Å². The summed E-state index contributed by atoms with van der Waals surface area (Å²) in [6.45, 7) is 8.12. The molecule has 1 saturated carbocycles. The monoisotopic (exact) mass is 282 g/mol. The van der Waals surface area contributed by atoms with Gasteiger partial charge in [0.15, 0.2) is 0 Å². The van der Waals surface area contributed by atoms with Crippen molar-refractivity contribution in [3.05, 3.63) is 0 Å². The lowest BCUT2D eigenvalue weighted by Crippen LogP contribution is -2.47. The molecule has 116 valence electrons. The highest BCUT2D eigenvalue weighted by atomic mass is 16.2. The van der Waals surface area contributed by atoms with Crippen molar-refractivity contribution in [2.75, 3.05) is 0 Å². The van der Waals surface area contributed by atoms with Gasteiger partial charge in [-0.15, -0.1) is 0 Å². The van der Waals surface area contributed by atoms with Crippen molar-refractivity contribution in [3.8, 4) is 0 Å². The van der Waals surface area contributed by atoms with Gasteiger partial charge in [0.2, 0.25) is 11.8 Å². The van der Waals surface area contributed by atoms with Gasteiger partial charge in [0, 0.05) is 23.9 Å². The van der Waals surface area contributed by atoms with Crippen LogP contribution in [0.1, 0.15) is 72.6 Å². The highest BCUT2D eigenvalue weighted by molar-refractivity contribution is 5.81. The Balaban J connectivity index is 2.35. The van der Waals surface area contributed by atoms with Crippen molar-refractivity contribution >= 4 is 11.8 Å². The highest BCUT2D eigenvalue weighted by Gasteiger charge is 2.26. The fraction of sp³-hybridized carbons (Fsp3) is 0.875. The Morgan fingerprint density at radius 2 is 1.75 bits per heavy atom. The molecule has 2 amide bonds. The molecule has 0 bridgehead atoms. The zero-order valence-electron chi connectivity index (χ0n) is 13.4. The maximum atomic E-state index is 12.0. The molecule has 1 atom stereocenters. The molecule has 2 N–H and O–H groups in total. The Hall–Kier alpha value is -1.06. The topological polar surface area (TPSA) is 58.2 Å². The lowest BCUT2D eigenvalue weighted by atomic mass is 9.95. The largest absolute Gasteiger partial charge is 0.353 e. The summed E-state index contributed by atoms with van der Waals surface area (Å²) < 4.78 is 0. The molecule has 1 unspecified atom stereocenters. The second-order valence-corrected chi connectivity index (χ2v) is 6.41. The van der Waals surface area contributed by atoms with Crippen LogP contribution in [-0.2, 0) is 9.59 Å². The molecule has 1 fully saturated rings. The standard InChI is InChI=1S/C16H30N2O2/c1-5-16(4,6-2)18-14(19)11-12(3)17-15(20)13-9-7-8-10-13/h12-13H,5-11H2,1-4H3,(H,17,20)(H,18,19). The minimum absolute atomic E-state index is 0.0235. The van der Waals surface area contributed by atoms with Crippen LogP contribution in [0.3, 0.4) is 0 Å². The van der Waals surface area contributed by atoms with Gasteiger partial charge in [-0.1, -0.05) is 26.7 Å². The molecular weight excluding hydrogens is 252 g/mol. The lowest BCUT2D eigenvalue weighted by Gasteiger charge is -2.29. The second kappa shape index (κ2) is 7.65. The molecule has 0 aromatic heterocycles. The van der Waals surface area contributed by atoms with Gasteiger partial charge in [-0.25, -0.2) is 0 Å². The predicted molar refractivity (Wildman–Crippen MR) is 81.3 cm³/mol. The molecule has 0 spiro atoms. The highest BCUT2D eigenvalue weighted by Crippen LogP contribution is 2.24. The Bertz CT molecular complexity index is 331. The van der Waals surface area contributed by atoms with E-state index >= 15 is 0 Å². The van der Waals surface area contributed by atoms with E-state index in [-0.39, 0.29) is 29.3 Å². The molecule has 0 aromatic carbocycles. The molecule has 0 aromatic rings. The number of hydrogen-bond acceptors (Lipinski definition) is 2. The van der Waals surface area contributed by atoms with Gasteiger partial charge in [-0.3, -0.25) is 9.59 Å². The molecule has 20 heavy (non-hydrogen) atoms. The molecule has 0 aliphatic heterocycles. The van der Waals surface area contributed by atoms with E-state index in [0.717, 1.165) is 38.5 Å². The smallest absolute Gasteiger partial charge is 0.223 e. The number of carbonyl (C=O) groups excluding carboxylic acids is 2. The Labute approximate surface area is 123 Å². The maximum absolute atomic E-state index is 12.0. The van der Waals surface area contributed by atoms with Gasteiger partial charge in [0.05, 0.1) is 0 Å². The summed E-state index contributed by atoms with van der Waals surface area (Å²) >= 11 is 0. The number of nitrogens with one attached hydrogen (secondary N) is 2. The Morgan fingerprint density at radius 1 is 1.20 bits per heavy atom. The van der Waals surface area contributed by atoms with E-state index in [1.54, 1.807) is 0 Å². The summed E-state index contributed by atoms with van der Waals surface area (Å²) in [6, 6.07) is -0.0962. The van der Waals surface area contributed by atoms with Gasteiger partial charge < -0.3 is 10.6 Å². The van der Waals surface area contributed by atoms with Crippen LogP contribution in [0.5, 0.6) is 0 Å². The van der Waals surface area contributed by atoms with E-state index in [4.69, 9.17) is 0 Å². The van der Waals surface area contributed by atoms with Crippen molar-refractivity contribution in [1.29, 1.82) is 0 Å². The molecule has 4 nitrogen and oxygen atoms in total. The van der Waals surface area contributed by atoms with Crippen LogP contribution >= 0.6 is 0 Å². The number of amides is 2. The summed E-state index contributed by atoms with van der Waals surface area (Å²) in [5, 5.41) is 6.05. The quantitative estimate of drug-likeness (QED) is 0.754. The van der Waals surface area contributed by atoms with Crippen molar-refractivity contribution in [2.45, 2.75) is 84.2 Å². The first-order valence-corrected chi connectivity index (χ1v) is 8.01. The van der Waals surface area contributed by atoms with Gasteiger partial charge in [0.25, 0.3) is 0 Å². The fourth-order valence-corrected chi connectivity index (χ4v) is 2.69. The third-order valence-corrected chi connectivity index (χ3v) is 4.61. The lowest BCUT2D eigenvalue weighted by molar-refractivity contribution is -0.126. The SMILES string of the molecule is CCC(C)(CC)NC(=O)CC(C)NC(=O)C1CCCC1. The van der Waals surface area contributed by atoms with Gasteiger partial charge in [0.1, 0.15) is 0 Å². The normalized spacial score (nSPS) is 17.8. The summed E-state index contributed by atoms with van der Waals surface area (Å²) in [5.41, 5.74) is -0.133. The Kier molecular flexibility index (Phi) is 6.50. The zero-order chi connectivity index (χ0) is 15.2. The summed E-state index contributed by atoms with van der Waals surface area (Å²) in [6.07, 6.45) is 6.48. The average Bonchev–Trinajstić information content (AvgIpc) is 2.92. The average molecular weight is 282 g/mol. The zero-order valence-corrected chi connectivity index (χ0v) is 13.4.